The minimum absolute atomic E-state index is 0.816. The average Bonchev–Trinajstić information content (AvgIpc) is 2.96. The molecule has 19 heavy (non-hydrogen) atoms. The molecule has 0 amide bonds. The van der Waals surface area contributed by atoms with E-state index in [0.717, 1.165) is 24.4 Å². The predicted molar refractivity (Wildman–Crippen MR) is 76.4 cm³/mol. The third-order valence-corrected chi connectivity index (χ3v) is 3.75. The first kappa shape index (κ1) is 12.0. The minimum Gasteiger partial charge on any atom is -0.361 e. The Morgan fingerprint density at radius 3 is 2.74 bits per heavy atom. The Bertz CT molecular complexity index is 702. The summed E-state index contributed by atoms with van der Waals surface area (Å²) in [6, 6.07) is 8.84. The molecule has 0 aliphatic heterocycles. The molecule has 0 aliphatic carbocycles. The summed E-state index contributed by atoms with van der Waals surface area (Å²) in [6.07, 6.45) is 3.21. The Morgan fingerprint density at radius 1 is 1.21 bits per heavy atom. The molecule has 3 aromatic rings. The third-order valence-electron chi connectivity index (χ3n) is 3.75. The van der Waals surface area contributed by atoms with Gasteiger partial charge in [0.25, 0.3) is 0 Å². The van der Waals surface area contributed by atoms with E-state index in [2.05, 4.69) is 47.1 Å². The van der Waals surface area contributed by atoms with E-state index < -0.39 is 0 Å². The molecule has 0 aliphatic rings. The van der Waals surface area contributed by atoms with Gasteiger partial charge >= 0.3 is 0 Å². The van der Waals surface area contributed by atoms with Gasteiger partial charge in [-0.05, 0) is 49.4 Å². The van der Waals surface area contributed by atoms with Crippen molar-refractivity contribution in [1.29, 1.82) is 0 Å². The molecule has 2 aromatic heterocycles. The average molecular weight is 254 g/mol. The molecule has 0 saturated heterocycles. The number of nitrogens with zero attached hydrogens (tertiary/aromatic N) is 2. The smallest absolute Gasteiger partial charge is 0.138 e. The van der Waals surface area contributed by atoms with Crippen molar-refractivity contribution >= 4 is 10.9 Å². The molecule has 0 fully saturated rings. The van der Waals surface area contributed by atoms with E-state index in [9.17, 15) is 0 Å². The van der Waals surface area contributed by atoms with Crippen LogP contribution in [0.3, 0.4) is 0 Å². The van der Waals surface area contributed by atoms with Gasteiger partial charge in [0.1, 0.15) is 5.76 Å². The van der Waals surface area contributed by atoms with Crippen molar-refractivity contribution < 1.29 is 4.52 Å². The molecule has 1 aromatic carbocycles. The second-order valence-electron chi connectivity index (χ2n) is 4.99. The summed E-state index contributed by atoms with van der Waals surface area (Å²) in [5.41, 5.74) is 4.79. The molecule has 0 spiro atoms. The fraction of sp³-hybridized carbons (Fsp3) is 0.312. The van der Waals surface area contributed by atoms with Gasteiger partial charge < -0.3 is 9.09 Å². The normalized spacial score (nSPS) is 11.3. The quantitative estimate of drug-likeness (QED) is 0.710. The fourth-order valence-electron chi connectivity index (χ4n) is 2.51. The van der Waals surface area contributed by atoms with Crippen LogP contribution in [-0.4, -0.2) is 9.72 Å². The van der Waals surface area contributed by atoms with Crippen molar-refractivity contribution in [2.24, 2.45) is 0 Å². The van der Waals surface area contributed by atoms with Crippen LogP contribution in [0.15, 0.2) is 35.0 Å². The lowest BCUT2D eigenvalue weighted by atomic mass is 10.1. The van der Waals surface area contributed by atoms with Crippen LogP contribution in [0.2, 0.25) is 0 Å². The van der Waals surface area contributed by atoms with E-state index >= 15 is 0 Å². The van der Waals surface area contributed by atoms with Crippen molar-refractivity contribution in [3.8, 4) is 0 Å². The Kier molecular flexibility index (Phi) is 2.90. The topological polar surface area (TPSA) is 31.0 Å². The molecule has 0 N–H and O–H groups in total. The SMILES string of the molecule is CCc1ccc2c(ccn2Cc2c(C)noc2C)c1. The van der Waals surface area contributed by atoms with Crippen LogP contribution in [-0.2, 0) is 13.0 Å². The lowest BCUT2D eigenvalue weighted by Gasteiger charge is -2.05. The van der Waals surface area contributed by atoms with Crippen LogP contribution in [0.4, 0.5) is 0 Å². The maximum atomic E-state index is 5.23. The first-order valence-electron chi connectivity index (χ1n) is 6.68. The Morgan fingerprint density at radius 2 is 2.05 bits per heavy atom. The fourth-order valence-corrected chi connectivity index (χ4v) is 2.51. The lowest BCUT2D eigenvalue weighted by molar-refractivity contribution is 0.392. The molecule has 0 unspecified atom stereocenters. The largest absolute Gasteiger partial charge is 0.361 e. The molecule has 0 saturated carbocycles. The standard InChI is InChI=1S/C16H18N2O/c1-4-13-5-6-16-14(9-13)7-8-18(16)10-15-11(2)17-19-12(15)3/h5-9H,4,10H2,1-3H3. The van der Waals surface area contributed by atoms with E-state index in [1.54, 1.807) is 0 Å². The number of aromatic nitrogens is 2. The molecule has 3 heteroatoms. The van der Waals surface area contributed by atoms with E-state index in [1.807, 2.05) is 13.8 Å². The van der Waals surface area contributed by atoms with E-state index in [-0.39, 0.29) is 0 Å². The second kappa shape index (κ2) is 4.57. The molecule has 98 valence electrons. The zero-order valence-electron chi connectivity index (χ0n) is 11.6. The number of aryl methyl sites for hydroxylation is 3. The van der Waals surface area contributed by atoms with Gasteiger partial charge in [-0.1, -0.05) is 18.1 Å². The highest BCUT2D eigenvalue weighted by atomic mass is 16.5. The van der Waals surface area contributed by atoms with E-state index in [1.165, 1.54) is 22.0 Å². The Hall–Kier alpha value is -2.03. The summed E-state index contributed by atoms with van der Waals surface area (Å²) in [4.78, 5) is 0. The lowest BCUT2D eigenvalue weighted by Crippen LogP contribution is -2.00. The first-order chi connectivity index (χ1) is 9.19. The van der Waals surface area contributed by atoms with Crippen LogP contribution in [0.25, 0.3) is 10.9 Å². The van der Waals surface area contributed by atoms with Gasteiger partial charge in [0, 0.05) is 17.3 Å². The van der Waals surface area contributed by atoms with Crippen LogP contribution in [0.1, 0.15) is 29.5 Å². The maximum absolute atomic E-state index is 5.23. The van der Waals surface area contributed by atoms with Crippen LogP contribution >= 0.6 is 0 Å². The first-order valence-corrected chi connectivity index (χ1v) is 6.68. The predicted octanol–water partition coefficient (Wildman–Crippen LogP) is 3.86. The number of fused-ring (bicyclic) bond motifs is 1. The summed E-state index contributed by atoms with van der Waals surface area (Å²) < 4.78 is 7.48. The number of rotatable bonds is 3. The van der Waals surface area contributed by atoms with Crippen LogP contribution in [0, 0.1) is 13.8 Å². The van der Waals surface area contributed by atoms with Crippen LogP contribution < -0.4 is 0 Å². The third kappa shape index (κ3) is 2.05. The van der Waals surface area contributed by atoms with Gasteiger partial charge in [-0.3, -0.25) is 0 Å². The molecule has 3 nitrogen and oxygen atoms in total. The monoisotopic (exact) mass is 254 g/mol. The molecule has 3 rings (SSSR count). The van der Waals surface area contributed by atoms with Crippen molar-refractivity contribution in [3.63, 3.8) is 0 Å². The summed E-state index contributed by atoms with van der Waals surface area (Å²) in [5, 5.41) is 5.31. The summed E-state index contributed by atoms with van der Waals surface area (Å²) in [5.74, 6) is 0.907. The zero-order chi connectivity index (χ0) is 13.4. The number of hydrogen-bond donors (Lipinski definition) is 0. The number of benzene rings is 1. The van der Waals surface area contributed by atoms with E-state index in [0.29, 0.717) is 0 Å². The van der Waals surface area contributed by atoms with Crippen LogP contribution in [0.5, 0.6) is 0 Å². The summed E-state index contributed by atoms with van der Waals surface area (Å²) in [7, 11) is 0. The minimum atomic E-state index is 0.816. The van der Waals surface area contributed by atoms with Crippen molar-refractivity contribution in [2.75, 3.05) is 0 Å². The Labute approximate surface area is 112 Å². The van der Waals surface area contributed by atoms with Crippen molar-refractivity contribution in [3.05, 3.63) is 53.0 Å². The highest BCUT2D eigenvalue weighted by Gasteiger charge is 2.10. The van der Waals surface area contributed by atoms with Crippen molar-refractivity contribution in [1.82, 2.24) is 9.72 Å². The second-order valence-corrected chi connectivity index (χ2v) is 4.99. The summed E-state index contributed by atoms with van der Waals surface area (Å²) >= 11 is 0. The van der Waals surface area contributed by atoms with Gasteiger partial charge in [0.15, 0.2) is 0 Å². The highest BCUT2D eigenvalue weighted by molar-refractivity contribution is 5.81. The number of hydrogen-bond acceptors (Lipinski definition) is 2. The Balaban J connectivity index is 2.02. The highest BCUT2D eigenvalue weighted by Crippen LogP contribution is 2.21. The molecular formula is C16H18N2O. The van der Waals surface area contributed by atoms with Crippen molar-refractivity contribution in [2.45, 2.75) is 33.7 Å². The maximum Gasteiger partial charge on any atom is 0.138 e. The zero-order valence-corrected chi connectivity index (χ0v) is 11.6. The van der Waals surface area contributed by atoms with Gasteiger partial charge in [0.2, 0.25) is 0 Å². The molecule has 0 atom stereocenters. The molecule has 2 heterocycles. The molecule has 0 radical (unpaired) electrons. The summed E-state index contributed by atoms with van der Waals surface area (Å²) in [6.45, 7) is 6.96. The van der Waals surface area contributed by atoms with Gasteiger partial charge in [-0.25, -0.2) is 0 Å². The van der Waals surface area contributed by atoms with Gasteiger partial charge in [0.05, 0.1) is 12.2 Å². The molecular weight excluding hydrogens is 236 g/mol. The van der Waals surface area contributed by atoms with Gasteiger partial charge in [-0.2, -0.15) is 0 Å². The molecule has 0 bridgehead atoms. The van der Waals surface area contributed by atoms with E-state index in [4.69, 9.17) is 4.52 Å². The van der Waals surface area contributed by atoms with Gasteiger partial charge in [-0.15, -0.1) is 0 Å².